The Morgan fingerprint density at radius 1 is 0.964 bits per heavy atom. The van der Waals surface area contributed by atoms with Crippen LogP contribution in [0.1, 0.15) is 23.2 Å². The van der Waals surface area contributed by atoms with Crippen LogP contribution >= 0.6 is 11.6 Å². The molecule has 0 bridgehead atoms. The predicted molar refractivity (Wildman–Crippen MR) is 112 cm³/mol. The normalized spacial score (nSPS) is 14.0. The van der Waals surface area contributed by atoms with Gasteiger partial charge >= 0.3 is 0 Å². The molecular formula is C22H20ClN4O. The number of nitrogens with one attached hydrogen (secondary N) is 1. The van der Waals surface area contributed by atoms with Crippen LogP contribution in [0.2, 0.25) is 5.02 Å². The first-order valence-electron chi connectivity index (χ1n) is 9.26. The highest BCUT2D eigenvalue weighted by atomic mass is 35.5. The number of rotatable bonds is 4. The molecule has 2 aromatic carbocycles. The van der Waals surface area contributed by atoms with E-state index in [-0.39, 0.29) is 5.91 Å². The lowest BCUT2D eigenvalue weighted by Crippen LogP contribution is -2.35. The molecule has 1 saturated heterocycles. The lowest BCUT2D eigenvalue weighted by atomic mass is 10.1. The summed E-state index contributed by atoms with van der Waals surface area (Å²) in [5.41, 5.74) is 3.30. The van der Waals surface area contributed by atoms with Crippen molar-refractivity contribution in [1.29, 1.82) is 0 Å². The molecule has 0 atom stereocenters. The van der Waals surface area contributed by atoms with Crippen LogP contribution in [0.25, 0.3) is 11.3 Å². The number of nitrogens with zero attached hydrogens (tertiary/aromatic N) is 3. The molecule has 1 aromatic heterocycles. The lowest BCUT2D eigenvalue weighted by molar-refractivity contribution is 0.0742. The largest absolute Gasteiger partial charge is 0.339 e. The predicted octanol–water partition coefficient (Wildman–Crippen LogP) is 4.98. The highest BCUT2D eigenvalue weighted by Crippen LogP contribution is 2.22. The Bertz CT molecular complexity index is 951. The van der Waals surface area contributed by atoms with E-state index in [0.717, 1.165) is 42.9 Å². The number of likely N-dealkylation sites (tertiary alicyclic amines) is 1. The van der Waals surface area contributed by atoms with Gasteiger partial charge in [0.1, 0.15) is 0 Å². The number of carbonyl (C=O) groups is 1. The van der Waals surface area contributed by atoms with Crippen LogP contribution in [0.3, 0.4) is 0 Å². The minimum absolute atomic E-state index is 0.0839. The van der Waals surface area contributed by atoms with E-state index >= 15 is 0 Å². The number of halogens is 1. The highest BCUT2D eigenvalue weighted by Gasteiger charge is 2.18. The van der Waals surface area contributed by atoms with Gasteiger partial charge in [-0.15, -0.1) is 0 Å². The van der Waals surface area contributed by atoms with Crippen molar-refractivity contribution in [3.8, 4) is 11.3 Å². The summed E-state index contributed by atoms with van der Waals surface area (Å²) in [6, 6.07) is 16.8. The Balaban J connectivity index is 1.46. The van der Waals surface area contributed by atoms with Crippen LogP contribution in [-0.4, -0.2) is 33.9 Å². The number of piperidine rings is 1. The molecule has 1 radical (unpaired) electrons. The second-order valence-corrected chi connectivity index (χ2v) is 7.07. The van der Waals surface area contributed by atoms with Crippen molar-refractivity contribution in [2.45, 2.75) is 12.8 Å². The van der Waals surface area contributed by atoms with E-state index in [4.69, 9.17) is 11.6 Å². The van der Waals surface area contributed by atoms with Gasteiger partial charge in [0.15, 0.2) is 0 Å². The van der Waals surface area contributed by atoms with E-state index in [1.165, 1.54) is 0 Å². The molecule has 0 spiro atoms. The van der Waals surface area contributed by atoms with E-state index in [1.54, 1.807) is 6.20 Å². The minimum Gasteiger partial charge on any atom is -0.339 e. The maximum absolute atomic E-state index is 12.6. The van der Waals surface area contributed by atoms with Crippen molar-refractivity contribution in [1.82, 2.24) is 14.9 Å². The van der Waals surface area contributed by atoms with Gasteiger partial charge in [0.25, 0.3) is 5.91 Å². The van der Waals surface area contributed by atoms with Gasteiger partial charge < -0.3 is 10.2 Å². The number of hydrogen-bond acceptors (Lipinski definition) is 4. The molecule has 0 aliphatic carbocycles. The molecule has 6 heteroatoms. The number of anilines is 2. The Labute approximate surface area is 169 Å². The molecule has 4 rings (SSSR count). The van der Waals surface area contributed by atoms with Crippen LogP contribution in [0, 0.1) is 6.42 Å². The van der Waals surface area contributed by atoms with E-state index in [2.05, 4.69) is 21.7 Å². The molecule has 0 unspecified atom stereocenters. The SMILES string of the molecule is O=C(c1ccc(Nc2nccc(-c3ccc(Cl)cc3)n2)cc1)N1CC[CH]CC1. The summed E-state index contributed by atoms with van der Waals surface area (Å²) in [6.07, 6.45) is 5.87. The average Bonchev–Trinajstić information content (AvgIpc) is 2.75. The Hall–Kier alpha value is -2.92. The summed E-state index contributed by atoms with van der Waals surface area (Å²) in [7, 11) is 0. The van der Waals surface area contributed by atoms with Crippen LogP contribution < -0.4 is 5.32 Å². The monoisotopic (exact) mass is 391 g/mol. The third-order valence-corrected chi connectivity index (χ3v) is 4.93. The third-order valence-electron chi connectivity index (χ3n) is 4.68. The second-order valence-electron chi connectivity index (χ2n) is 6.63. The standard InChI is InChI=1S/C22H20ClN4O/c23-18-8-4-16(5-9-18)20-12-13-24-22(26-20)25-19-10-6-17(7-11-19)21(28)27-14-2-1-3-15-27/h1,4-13H,2-3,14-15H2,(H,24,25,26). The van der Waals surface area contributed by atoms with Gasteiger partial charge in [-0.2, -0.15) is 0 Å². The van der Waals surface area contributed by atoms with Crippen molar-refractivity contribution >= 4 is 29.1 Å². The molecule has 0 saturated carbocycles. The summed E-state index contributed by atoms with van der Waals surface area (Å²) in [6.45, 7) is 1.59. The third kappa shape index (κ3) is 4.31. The van der Waals surface area contributed by atoms with Gasteiger partial charge in [-0.05, 0) is 61.7 Å². The molecule has 28 heavy (non-hydrogen) atoms. The van der Waals surface area contributed by atoms with Crippen LogP contribution in [0.4, 0.5) is 11.6 Å². The Morgan fingerprint density at radius 3 is 2.39 bits per heavy atom. The zero-order chi connectivity index (χ0) is 19.3. The second kappa shape index (κ2) is 8.40. The van der Waals surface area contributed by atoms with Gasteiger partial charge in [0.05, 0.1) is 5.69 Å². The Morgan fingerprint density at radius 2 is 1.68 bits per heavy atom. The summed E-state index contributed by atoms with van der Waals surface area (Å²) >= 11 is 5.95. The van der Waals surface area contributed by atoms with Gasteiger partial charge in [0.2, 0.25) is 5.95 Å². The molecular weight excluding hydrogens is 372 g/mol. The fraction of sp³-hybridized carbons (Fsp3) is 0.182. The molecule has 141 valence electrons. The zero-order valence-corrected chi connectivity index (χ0v) is 16.1. The van der Waals surface area contributed by atoms with Gasteiger partial charge in [-0.3, -0.25) is 4.79 Å². The van der Waals surface area contributed by atoms with Crippen molar-refractivity contribution < 1.29 is 4.79 Å². The van der Waals surface area contributed by atoms with Gasteiger partial charge in [0, 0.05) is 41.1 Å². The Kier molecular flexibility index (Phi) is 5.53. The zero-order valence-electron chi connectivity index (χ0n) is 15.3. The van der Waals surface area contributed by atoms with E-state index in [9.17, 15) is 4.79 Å². The van der Waals surface area contributed by atoms with E-state index in [0.29, 0.717) is 16.5 Å². The van der Waals surface area contributed by atoms with E-state index in [1.807, 2.05) is 59.5 Å². The summed E-state index contributed by atoms with van der Waals surface area (Å²) in [5.74, 6) is 0.582. The fourth-order valence-electron chi connectivity index (χ4n) is 3.16. The topological polar surface area (TPSA) is 58.1 Å². The van der Waals surface area contributed by atoms with Crippen LogP contribution in [0.15, 0.2) is 60.8 Å². The van der Waals surface area contributed by atoms with Crippen LogP contribution in [-0.2, 0) is 0 Å². The lowest BCUT2D eigenvalue weighted by Gasteiger charge is -2.26. The number of benzene rings is 2. The first-order valence-corrected chi connectivity index (χ1v) is 9.64. The maximum atomic E-state index is 12.6. The first-order chi connectivity index (χ1) is 13.7. The molecule has 1 N–H and O–H groups in total. The minimum atomic E-state index is 0.0839. The van der Waals surface area contributed by atoms with Crippen molar-refractivity contribution in [2.24, 2.45) is 0 Å². The van der Waals surface area contributed by atoms with Crippen molar-refractivity contribution in [3.05, 3.63) is 77.8 Å². The van der Waals surface area contributed by atoms with Gasteiger partial charge in [-0.25, -0.2) is 9.97 Å². The number of aromatic nitrogens is 2. The molecule has 5 nitrogen and oxygen atoms in total. The number of amides is 1. The number of carbonyl (C=O) groups excluding carboxylic acids is 1. The summed E-state index contributed by atoms with van der Waals surface area (Å²) < 4.78 is 0. The quantitative estimate of drug-likeness (QED) is 0.681. The molecule has 1 amide bonds. The molecule has 1 aliphatic rings. The smallest absolute Gasteiger partial charge is 0.253 e. The van der Waals surface area contributed by atoms with Crippen molar-refractivity contribution in [3.63, 3.8) is 0 Å². The van der Waals surface area contributed by atoms with Crippen LogP contribution in [0.5, 0.6) is 0 Å². The molecule has 2 heterocycles. The fourth-order valence-corrected chi connectivity index (χ4v) is 3.29. The summed E-state index contributed by atoms with van der Waals surface area (Å²) in [4.78, 5) is 23.3. The first kappa shape index (κ1) is 18.4. The molecule has 1 aliphatic heterocycles. The number of hydrogen-bond donors (Lipinski definition) is 1. The molecule has 1 fully saturated rings. The highest BCUT2D eigenvalue weighted by molar-refractivity contribution is 6.30. The average molecular weight is 392 g/mol. The maximum Gasteiger partial charge on any atom is 0.253 e. The summed E-state index contributed by atoms with van der Waals surface area (Å²) in [5, 5.41) is 3.88. The van der Waals surface area contributed by atoms with E-state index < -0.39 is 0 Å². The van der Waals surface area contributed by atoms with Crippen molar-refractivity contribution in [2.75, 3.05) is 18.4 Å². The molecule has 3 aromatic rings. The van der Waals surface area contributed by atoms with Gasteiger partial charge in [-0.1, -0.05) is 23.7 Å².